The first kappa shape index (κ1) is 13.5. The number of aromatic amines is 1. The molecule has 3 N–H and O–H groups in total. The third kappa shape index (κ3) is 2.24. The van der Waals surface area contributed by atoms with Crippen LogP contribution in [0.15, 0.2) is 36.4 Å². The summed E-state index contributed by atoms with van der Waals surface area (Å²) in [6.45, 7) is 3.93. The lowest BCUT2D eigenvalue weighted by Gasteiger charge is -2.22. The third-order valence-electron chi connectivity index (χ3n) is 3.73. The monoisotopic (exact) mass is 287 g/mol. The van der Waals surface area contributed by atoms with Gasteiger partial charge in [0.15, 0.2) is 5.82 Å². The first-order valence-electron chi connectivity index (χ1n) is 6.59. The highest BCUT2D eigenvalue weighted by Crippen LogP contribution is 2.31. The Morgan fingerprint density at radius 1 is 1.10 bits per heavy atom. The van der Waals surface area contributed by atoms with E-state index < -0.39 is 17.0 Å². The van der Waals surface area contributed by atoms with E-state index in [1.165, 1.54) is 6.07 Å². The highest BCUT2D eigenvalue weighted by Gasteiger charge is 2.27. The van der Waals surface area contributed by atoms with Crippen LogP contribution in [0, 0.1) is 11.6 Å². The number of rotatable bonds is 2. The van der Waals surface area contributed by atoms with E-state index in [1.807, 2.05) is 26.0 Å². The number of nitrogens with one attached hydrogen (secondary N) is 1. The molecule has 21 heavy (non-hydrogen) atoms. The minimum atomic E-state index is -0.666. The molecule has 0 aliphatic heterocycles. The quantitative estimate of drug-likeness (QED) is 0.705. The van der Waals surface area contributed by atoms with Crippen molar-refractivity contribution in [3.8, 4) is 0 Å². The predicted molar refractivity (Wildman–Crippen MR) is 79.0 cm³/mol. The number of hydrogen-bond acceptors (Lipinski definition) is 2. The fourth-order valence-corrected chi connectivity index (χ4v) is 2.37. The highest BCUT2D eigenvalue weighted by molar-refractivity contribution is 5.76. The van der Waals surface area contributed by atoms with E-state index >= 15 is 0 Å². The van der Waals surface area contributed by atoms with Gasteiger partial charge in [-0.3, -0.25) is 0 Å². The van der Waals surface area contributed by atoms with E-state index in [9.17, 15) is 8.78 Å². The van der Waals surface area contributed by atoms with Crippen LogP contribution < -0.4 is 5.73 Å². The molecule has 0 fully saturated rings. The van der Waals surface area contributed by atoms with E-state index in [-0.39, 0.29) is 5.52 Å². The molecule has 0 saturated heterocycles. The first-order valence-corrected chi connectivity index (χ1v) is 6.59. The van der Waals surface area contributed by atoms with Gasteiger partial charge in [0.1, 0.15) is 17.2 Å². The lowest BCUT2D eigenvalue weighted by atomic mass is 9.84. The molecule has 108 valence electrons. The van der Waals surface area contributed by atoms with Gasteiger partial charge in [-0.1, -0.05) is 12.1 Å². The summed E-state index contributed by atoms with van der Waals surface area (Å²) in [5, 5.41) is 0. The fraction of sp³-hybridized carbons (Fsp3) is 0.188. The van der Waals surface area contributed by atoms with Crippen molar-refractivity contribution in [2.24, 2.45) is 0 Å². The number of imidazole rings is 1. The molecule has 0 saturated carbocycles. The Morgan fingerprint density at radius 3 is 2.43 bits per heavy atom. The molecular formula is C16H15F2N3. The van der Waals surface area contributed by atoms with Crippen molar-refractivity contribution in [3.05, 3.63) is 59.4 Å². The molecule has 0 atom stereocenters. The zero-order valence-corrected chi connectivity index (χ0v) is 11.7. The van der Waals surface area contributed by atoms with Gasteiger partial charge in [0.2, 0.25) is 0 Å². The topological polar surface area (TPSA) is 54.7 Å². The lowest BCUT2D eigenvalue weighted by Crippen LogP contribution is -2.20. The van der Waals surface area contributed by atoms with Crippen LogP contribution in [-0.2, 0) is 5.41 Å². The number of hydrogen-bond donors (Lipinski definition) is 2. The van der Waals surface area contributed by atoms with Gasteiger partial charge in [-0.25, -0.2) is 13.8 Å². The highest BCUT2D eigenvalue weighted by atomic mass is 19.1. The maximum Gasteiger partial charge on any atom is 0.153 e. The Balaban J connectivity index is 2.14. The molecule has 0 spiro atoms. The molecule has 1 aromatic heterocycles. The smallest absolute Gasteiger partial charge is 0.153 e. The molecule has 2 aromatic carbocycles. The second-order valence-electron chi connectivity index (χ2n) is 5.62. The number of halogens is 2. The molecule has 5 heteroatoms. The Bertz CT molecular complexity index is 804. The maximum atomic E-state index is 13.8. The number of aromatic nitrogens is 2. The van der Waals surface area contributed by atoms with E-state index in [1.54, 1.807) is 12.1 Å². The molecule has 0 aliphatic carbocycles. The number of nitrogens with two attached hydrogens (primary N) is 1. The van der Waals surface area contributed by atoms with Crippen LogP contribution in [-0.4, -0.2) is 9.97 Å². The van der Waals surface area contributed by atoms with Crippen LogP contribution in [0.5, 0.6) is 0 Å². The van der Waals surface area contributed by atoms with E-state index in [0.717, 1.165) is 11.6 Å². The summed E-state index contributed by atoms with van der Waals surface area (Å²) in [5.41, 5.74) is 7.37. The number of nitrogen functional groups attached to an aromatic ring is 1. The summed E-state index contributed by atoms with van der Waals surface area (Å²) in [6, 6.07) is 9.50. The lowest BCUT2D eigenvalue weighted by molar-refractivity contribution is 0.588. The summed E-state index contributed by atoms with van der Waals surface area (Å²) in [7, 11) is 0. The van der Waals surface area contributed by atoms with Crippen molar-refractivity contribution in [3.63, 3.8) is 0 Å². The van der Waals surface area contributed by atoms with Crippen molar-refractivity contribution >= 4 is 16.7 Å². The number of benzene rings is 2. The van der Waals surface area contributed by atoms with Gasteiger partial charge >= 0.3 is 0 Å². The Labute approximate surface area is 120 Å². The predicted octanol–water partition coefficient (Wildman–Crippen LogP) is 3.75. The van der Waals surface area contributed by atoms with Crippen molar-refractivity contribution in [1.29, 1.82) is 0 Å². The molecule has 3 rings (SSSR count). The molecule has 0 unspecified atom stereocenters. The standard InChI is InChI=1S/C16H15F2N3/c1-16(2,9-3-5-11(19)6-4-9)15-20-13-8-10(17)7-12(18)14(13)21-15/h3-8H,19H2,1-2H3,(H,20,21). The van der Waals surface area contributed by atoms with Crippen LogP contribution in [0.25, 0.3) is 11.0 Å². The number of nitrogens with zero attached hydrogens (tertiary/aromatic N) is 1. The summed E-state index contributed by atoms with van der Waals surface area (Å²) in [6.07, 6.45) is 0. The van der Waals surface area contributed by atoms with E-state index in [4.69, 9.17) is 5.73 Å². The Hall–Kier alpha value is -2.43. The minimum Gasteiger partial charge on any atom is -0.399 e. The second kappa shape index (κ2) is 4.55. The average Bonchev–Trinajstić information content (AvgIpc) is 2.84. The van der Waals surface area contributed by atoms with Gasteiger partial charge < -0.3 is 10.7 Å². The van der Waals surface area contributed by atoms with Gasteiger partial charge in [0.25, 0.3) is 0 Å². The minimum absolute atomic E-state index is 0.148. The van der Waals surface area contributed by atoms with Gasteiger partial charge in [0.05, 0.1) is 5.52 Å². The molecule has 0 amide bonds. The molecule has 0 aliphatic rings. The average molecular weight is 287 g/mol. The van der Waals surface area contributed by atoms with E-state index in [0.29, 0.717) is 17.0 Å². The largest absolute Gasteiger partial charge is 0.399 e. The molecular weight excluding hydrogens is 272 g/mol. The van der Waals surface area contributed by atoms with Crippen molar-refractivity contribution in [1.82, 2.24) is 9.97 Å². The molecule has 0 bridgehead atoms. The van der Waals surface area contributed by atoms with Crippen molar-refractivity contribution in [2.75, 3.05) is 5.73 Å². The van der Waals surface area contributed by atoms with Crippen molar-refractivity contribution < 1.29 is 8.78 Å². The van der Waals surface area contributed by atoms with Gasteiger partial charge in [-0.2, -0.15) is 0 Å². The van der Waals surface area contributed by atoms with Gasteiger partial charge in [-0.05, 0) is 37.6 Å². The zero-order valence-electron chi connectivity index (χ0n) is 11.7. The van der Waals surface area contributed by atoms with Crippen molar-refractivity contribution in [2.45, 2.75) is 19.3 Å². The molecule has 0 radical (unpaired) electrons. The van der Waals surface area contributed by atoms with E-state index in [2.05, 4.69) is 9.97 Å². The fourth-order valence-electron chi connectivity index (χ4n) is 2.37. The van der Waals surface area contributed by atoms with Crippen LogP contribution in [0.4, 0.5) is 14.5 Å². The Morgan fingerprint density at radius 2 is 1.76 bits per heavy atom. The summed E-state index contributed by atoms with van der Waals surface area (Å²) >= 11 is 0. The van der Waals surface area contributed by atoms with Crippen LogP contribution in [0.3, 0.4) is 0 Å². The third-order valence-corrected chi connectivity index (χ3v) is 3.73. The molecule has 3 aromatic rings. The number of H-pyrrole nitrogens is 1. The summed E-state index contributed by atoms with van der Waals surface area (Å²) < 4.78 is 27.0. The molecule has 1 heterocycles. The first-order chi connectivity index (χ1) is 9.88. The summed E-state index contributed by atoms with van der Waals surface area (Å²) in [5.74, 6) is -0.715. The summed E-state index contributed by atoms with van der Waals surface area (Å²) in [4.78, 5) is 7.30. The maximum absolute atomic E-state index is 13.8. The van der Waals surface area contributed by atoms with Crippen LogP contribution in [0.2, 0.25) is 0 Å². The molecule has 3 nitrogen and oxygen atoms in total. The second-order valence-corrected chi connectivity index (χ2v) is 5.62. The van der Waals surface area contributed by atoms with Crippen LogP contribution in [0.1, 0.15) is 25.2 Å². The Kier molecular flexibility index (Phi) is 2.93. The normalized spacial score (nSPS) is 12.0. The SMILES string of the molecule is CC(C)(c1ccc(N)cc1)c1nc2c(F)cc(F)cc2[nH]1. The van der Waals surface area contributed by atoms with Gasteiger partial charge in [0, 0.05) is 17.2 Å². The zero-order chi connectivity index (χ0) is 15.2. The van der Waals surface area contributed by atoms with Crippen LogP contribution >= 0.6 is 0 Å². The number of anilines is 1. The van der Waals surface area contributed by atoms with Gasteiger partial charge in [-0.15, -0.1) is 0 Å². The number of fused-ring (bicyclic) bond motifs is 1.